The molecule has 0 bridgehead atoms. The summed E-state index contributed by atoms with van der Waals surface area (Å²) >= 11 is 0. The predicted octanol–water partition coefficient (Wildman–Crippen LogP) is 3.63. The van der Waals surface area contributed by atoms with Gasteiger partial charge in [0.15, 0.2) is 6.61 Å². The van der Waals surface area contributed by atoms with Crippen LogP contribution in [0, 0.1) is 0 Å². The van der Waals surface area contributed by atoms with E-state index >= 15 is 0 Å². The van der Waals surface area contributed by atoms with E-state index in [0.717, 1.165) is 12.8 Å². The highest BCUT2D eigenvalue weighted by atomic mass is 19.4. The highest BCUT2D eigenvalue weighted by molar-refractivity contribution is 5.69. The lowest BCUT2D eigenvalue weighted by atomic mass is 10.0. The Labute approximate surface area is 136 Å². The molecule has 1 aromatic carbocycles. The Morgan fingerprint density at radius 3 is 2.62 bits per heavy atom. The van der Waals surface area contributed by atoms with Crippen LogP contribution in [0.2, 0.25) is 0 Å². The van der Waals surface area contributed by atoms with Crippen LogP contribution in [0.4, 0.5) is 13.2 Å². The molecule has 1 heterocycles. The van der Waals surface area contributed by atoms with Crippen molar-refractivity contribution < 1.29 is 27.1 Å². The van der Waals surface area contributed by atoms with E-state index in [-0.39, 0.29) is 18.2 Å². The molecule has 1 saturated carbocycles. The molecule has 2 N–H and O–H groups in total. The Morgan fingerprint density at radius 2 is 2.08 bits per heavy atom. The zero-order valence-corrected chi connectivity index (χ0v) is 13.0. The van der Waals surface area contributed by atoms with Gasteiger partial charge in [-0.05, 0) is 30.9 Å². The molecule has 1 aromatic heterocycles. The Bertz CT molecular complexity index is 724. The van der Waals surface area contributed by atoms with Crippen molar-refractivity contribution >= 4 is 0 Å². The van der Waals surface area contributed by atoms with Gasteiger partial charge in [-0.15, -0.1) is 0 Å². The van der Waals surface area contributed by atoms with E-state index in [1.807, 2.05) is 0 Å². The number of alkyl halides is 3. The summed E-state index contributed by atoms with van der Waals surface area (Å²) in [5.41, 5.74) is 7.30. The average molecular weight is 342 g/mol. The van der Waals surface area contributed by atoms with Gasteiger partial charge in [-0.2, -0.15) is 13.2 Å². The fraction of sp³-hybridized carbons (Fsp3) is 0.438. The van der Waals surface area contributed by atoms with Crippen LogP contribution >= 0.6 is 0 Å². The Balaban J connectivity index is 2.01. The molecule has 1 aliphatic rings. The van der Waals surface area contributed by atoms with Gasteiger partial charge in [0, 0.05) is 12.1 Å². The molecule has 0 spiro atoms. The summed E-state index contributed by atoms with van der Waals surface area (Å²) in [6.07, 6.45) is -1.20. The maximum absolute atomic E-state index is 12.5. The van der Waals surface area contributed by atoms with Crippen LogP contribution < -0.4 is 15.2 Å². The third-order valence-corrected chi connectivity index (χ3v) is 3.73. The van der Waals surface area contributed by atoms with Crippen LogP contribution in [0.5, 0.6) is 11.5 Å². The summed E-state index contributed by atoms with van der Waals surface area (Å²) in [6.45, 7) is -1.11. The van der Waals surface area contributed by atoms with Crippen LogP contribution in [0.25, 0.3) is 11.5 Å². The monoisotopic (exact) mass is 342 g/mol. The lowest BCUT2D eigenvalue weighted by molar-refractivity contribution is -0.153. The molecule has 0 amide bonds. The second-order valence-corrected chi connectivity index (χ2v) is 5.58. The van der Waals surface area contributed by atoms with Crippen molar-refractivity contribution in [1.82, 2.24) is 4.98 Å². The molecule has 8 heteroatoms. The van der Waals surface area contributed by atoms with Crippen molar-refractivity contribution in [2.75, 3.05) is 13.7 Å². The number of ether oxygens (including phenoxy) is 2. The van der Waals surface area contributed by atoms with Gasteiger partial charge in [-0.1, -0.05) is 0 Å². The second-order valence-electron chi connectivity index (χ2n) is 5.58. The topological polar surface area (TPSA) is 70.5 Å². The number of nitrogens with zero attached hydrogens (tertiary/aromatic N) is 1. The standard InChI is InChI=1S/C16H17F3N2O3/c1-22-14-11(15-21-10(6-20)7-23-15)4-5-12(13(14)9-2-3-9)24-8-16(17,18)19/h4-5,7,9H,2-3,6,8,20H2,1H3. The number of halogens is 3. The summed E-state index contributed by atoms with van der Waals surface area (Å²) < 4.78 is 53.2. The number of hydrogen-bond acceptors (Lipinski definition) is 5. The van der Waals surface area contributed by atoms with Crippen LogP contribution in [0.1, 0.15) is 30.0 Å². The van der Waals surface area contributed by atoms with E-state index in [1.54, 1.807) is 6.07 Å². The van der Waals surface area contributed by atoms with Gasteiger partial charge < -0.3 is 19.6 Å². The number of aromatic nitrogens is 1. The first kappa shape index (κ1) is 16.6. The summed E-state index contributed by atoms with van der Waals surface area (Å²) in [4.78, 5) is 4.25. The van der Waals surface area contributed by atoms with E-state index in [4.69, 9.17) is 19.6 Å². The summed E-state index contributed by atoms with van der Waals surface area (Å²) in [7, 11) is 1.46. The van der Waals surface area contributed by atoms with Gasteiger partial charge in [0.1, 0.15) is 17.8 Å². The van der Waals surface area contributed by atoms with E-state index in [9.17, 15) is 13.2 Å². The molecule has 1 aliphatic carbocycles. The molecular weight excluding hydrogens is 325 g/mol. The predicted molar refractivity (Wildman–Crippen MR) is 79.9 cm³/mol. The number of methoxy groups -OCH3 is 1. The van der Waals surface area contributed by atoms with Gasteiger partial charge in [0.05, 0.1) is 18.4 Å². The summed E-state index contributed by atoms with van der Waals surface area (Å²) in [5.74, 6) is 1.05. The third-order valence-electron chi connectivity index (χ3n) is 3.73. The summed E-state index contributed by atoms with van der Waals surface area (Å²) in [5, 5.41) is 0. The minimum absolute atomic E-state index is 0.118. The average Bonchev–Trinajstić information content (AvgIpc) is 3.27. The fourth-order valence-electron chi connectivity index (χ4n) is 2.54. The molecule has 2 aromatic rings. The maximum atomic E-state index is 12.5. The molecule has 5 nitrogen and oxygen atoms in total. The van der Waals surface area contributed by atoms with E-state index in [0.29, 0.717) is 28.5 Å². The smallest absolute Gasteiger partial charge is 0.422 e. The Morgan fingerprint density at radius 1 is 1.33 bits per heavy atom. The molecule has 0 aliphatic heterocycles. The van der Waals surface area contributed by atoms with Crippen molar-refractivity contribution in [3.8, 4) is 23.0 Å². The molecule has 0 saturated heterocycles. The molecule has 130 valence electrons. The van der Waals surface area contributed by atoms with E-state index in [1.165, 1.54) is 19.4 Å². The van der Waals surface area contributed by atoms with Gasteiger partial charge >= 0.3 is 6.18 Å². The molecule has 0 atom stereocenters. The van der Waals surface area contributed by atoms with Crippen LogP contribution in [-0.4, -0.2) is 24.9 Å². The third kappa shape index (κ3) is 3.48. The number of benzene rings is 1. The zero-order valence-electron chi connectivity index (χ0n) is 13.0. The van der Waals surface area contributed by atoms with Crippen LogP contribution in [-0.2, 0) is 6.54 Å². The maximum Gasteiger partial charge on any atom is 0.422 e. The lowest BCUT2D eigenvalue weighted by Crippen LogP contribution is -2.19. The SMILES string of the molecule is COc1c(-c2nc(CN)co2)ccc(OCC(F)(F)F)c1C1CC1. The van der Waals surface area contributed by atoms with Crippen LogP contribution in [0.3, 0.4) is 0 Å². The molecule has 24 heavy (non-hydrogen) atoms. The first-order valence-electron chi connectivity index (χ1n) is 7.48. The summed E-state index contributed by atoms with van der Waals surface area (Å²) in [6, 6.07) is 3.09. The zero-order chi connectivity index (χ0) is 17.3. The molecule has 0 radical (unpaired) electrons. The number of rotatable bonds is 6. The highest BCUT2D eigenvalue weighted by Crippen LogP contribution is 2.51. The normalized spacial score (nSPS) is 14.7. The van der Waals surface area contributed by atoms with Crippen molar-refractivity contribution in [3.05, 3.63) is 29.7 Å². The van der Waals surface area contributed by atoms with Crippen molar-refractivity contribution in [2.45, 2.75) is 31.5 Å². The van der Waals surface area contributed by atoms with Crippen molar-refractivity contribution in [2.24, 2.45) is 5.73 Å². The number of hydrogen-bond donors (Lipinski definition) is 1. The minimum Gasteiger partial charge on any atom is -0.495 e. The van der Waals surface area contributed by atoms with E-state index in [2.05, 4.69) is 4.98 Å². The van der Waals surface area contributed by atoms with Gasteiger partial charge in [0.25, 0.3) is 0 Å². The fourth-order valence-corrected chi connectivity index (χ4v) is 2.54. The minimum atomic E-state index is -4.40. The Hall–Kier alpha value is -2.22. The second kappa shape index (κ2) is 6.35. The molecule has 3 rings (SSSR count). The van der Waals surface area contributed by atoms with Crippen LogP contribution in [0.15, 0.2) is 22.8 Å². The van der Waals surface area contributed by atoms with Crippen molar-refractivity contribution in [1.29, 1.82) is 0 Å². The molecule has 0 unspecified atom stereocenters. The molecular formula is C16H17F3N2O3. The van der Waals surface area contributed by atoms with Gasteiger partial charge in [0.2, 0.25) is 5.89 Å². The Kier molecular flexibility index (Phi) is 4.40. The molecule has 1 fully saturated rings. The number of oxazole rings is 1. The van der Waals surface area contributed by atoms with Gasteiger partial charge in [-0.25, -0.2) is 4.98 Å². The van der Waals surface area contributed by atoms with E-state index < -0.39 is 12.8 Å². The largest absolute Gasteiger partial charge is 0.495 e. The number of nitrogens with two attached hydrogens (primary N) is 1. The lowest BCUT2D eigenvalue weighted by Gasteiger charge is -2.17. The first-order chi connectivity index (χ1) is 11.4. The van der Waals surface area contributed by atoms with Gasteiger partial charge in [-0.3, -0.25) is 0 Å². The first-order valence-corrected chi connectivity index (χ1v) is 7.48. The quantitative estimate of drug-likeness (QED) is 0.868. The van der Waals surface area contributed by atoms with Crippen molar-refractivity contribution in [3.63, 3.8) is 0 Å². The highest BCUT2D eigenvalue weighted by Gasteiger charge is 2.35.